The highest BCUT2D eigenvalue weighted by atomic mass is 32.1. The lowest BCUT2D eigenvalue weighted by Gasteiger charge is -2.18. The number of thiazole rings is 1. The molecule has 2 aromatic carbocycles. The molecule has 3 rings (SSSR count). The molecule has 0 spiro atoms. The van der Waals surface area contributed by atoms with E-state index in [0.29, 0.717) is 5.01 Å². The van der Waals surface area contributed by atoms with Crippen molar-refractivity contribution in [2.45, 2.75) is 19.4 Å². The topological polar surface area (TPSA) is 79.3 Å². The Hall–Kier alpha value is -2.99. The van der Waals surface area contributed by atoms with E-state index < -0.39 is 12.0 Å². The number of benzene rings is 2. The van der Waals surface area contributed by atoms with E-state index in [-0.39, 0.29) is 12.3 Å². The molecule has 1 aromatic heterocycles. The van der Waals surface area contributed by atoms with Crippen molar-refractivity contribution >= 4 is 23.2 Å². The fourth-order valence-corrected chi connectivity index (χ4v) is 3.46. The van der Waals surface area contributed by atoms with Crippen LogP contribution in [0.25, 0.3) is 11.3 Å². The molecule has 1 unspecified atom stereocenters. The number of hydrogen-bond acceptors (Lipinski definition) is 4. The van der Waals surface area contributed by atoms with E-state index in [0.717, 1.165) is 22.4 Å². The molecule has 2 N–H and O–H groups in total. The molecular weight excluding hydrogens is 348 g/mol. The molecule has 1 heterocycles. The summed E-state index contributed by atoms with van der Waals surface area (Å²) in [7, 11) is 0. The Morgan fingerprint density at radius 1 is 1.12 bits per heavy atom. The second-order valence-electron chi connectivity index (χ2n) is 5.88. The highest BCUT2D eigenvalue weighted by molar-refractivity contribution is 7.12. The number of aliphatic carboxylic acids is 1. The van der Waals surface area contributed by atoms with E-state index in [4.69, 9.17) is 0 Å². The molecule has 132 valence electrons. The molecule has 5 nitrogen and oxygen atoms in total. The summed E-state index contributed by atoms with van der Waals surface area (Å²) >= 11 is 1.24. The lowest BCUT2D eigenvalue weighted by molar-refractivity contribution is -0.137. The van der Waals surface area contributed by atoms with Crippen molar-refractivity contribution in [3.05, 3.63) is 76.1 Å². The summed E-state index contributed by atoms with van der Waals surface area (Å²) in [4.78, 5) is 28.2. The van der Waals surface area contributed by atoms with Gasteiger partial charge in [0.25, 0.3) is 5.91 Å². The number of nitrogens with zero attached hydrogens (tertiary/aromatic N) is 1. The Morgan fingerprint density at radius 3 is 2.50 bits per heavy atom. The van der Waals surface area contributed by atoms with Crippen LogP contribution in [-0.2, 0) is 4.79 Å². The Morgan fingerprint density at radius 2 is 1.81 bits per heavy atom. The quantitative estimate of drug-likeness (QED) is 0.689. The first-order valence-corrected chi connectivity index (χ1v) is 9.01. The lowest BCUT2D eigenvalue weighted by atomic mass is 9.99. The minimum atomic E-state index is -0.970. The van der Waals surface area contributed by atoms with Gasteiger partial charge in [0, 0.05) is 10.9 Å². The summed E-state index contributed by atoms with van der Waals surface area (Å²) in [6.45, 7) is 1.90. The Balaban J connectivity index is 1.81. The summed E-state index contributed by atoms with van der Waals surface area (Å²) in [5, 5.41) is 14.2. The van der Waals surface area contributed by atoms with Crippen LogP contribution in [0.5, 0.6) is 0 Å². The van der Waals surface area contributed by atoms with Gasteiger partial charge in [-0.05, 0) is 18.1 Å². The van der Waals surface area contributed by atoms with E-state index in [9.17, 15) is 14.7 Å². The molecule has 0 aliphatic heterocycles. The molecule has 0 radical (unpaired) electrons. The van der Waals surface area contributed by atoms with Crippen LogP contribution in [0.2, 0.25) is 0 Å². The first-order chi connectivity index (χ1) is 12.5. The second-order valence-corrected chi connectivity index (χ2v) is 6.74. The Kier molecular flexibility index (Phi) is 5.43. The maximum atomic E-state index is 12.6. The molecule has 0 bridgehead atoms. The summed E-state index contributed by atoms with van der Waals surface area (Å²) in [5.41, 5.74) is 3.39. The van der Waals surface area contributed by atoms with Gasteiger partial charge in [0.15, 0.2) is 5.01 Å². The second kappa shape index (κ2) is 7.93. The molecule has 1 amide bonds. The van der Waals surface area contributed by atoms with E-state index in [1.54, 1.807) is 0 Å². The normalized spacial score (nSPS) is 11.7. The van der Waals surface area contributed by atoms with Crippen LogP contribution < -0.4 is 5.32 Å². The summed E-state index contributed by atoms with van der Waals surface area (Å²) in [6, 6.07) is 16.4. The number of amides is 1. The average molecular weight is 366 g/mol. The number of rotatable bonds is 6. The van der Waals surface area contributed by atoms with Crippen LogP contribution >= 0.6 is 11.3 Å². The molecule has 0 aliphatic rings. The van der Waals surface area contributed by atoms with Crippen LogP contribution in [0.4, 0.5) is 0 Å². The van der Waals surface area contributed by atoms with Gasteiger partial charge in [0.05, 0.1) is 18.2 Å². The Bertz CT molecular complexity index is 922. The van der Waals surface area contributed by atoms with Crippen molar-refractivity contribution in [1.29, 1.82) is 0 Å². The van der Waals surface area contributed by atoms with Gasteiger partial charge in [-0.2, -0.15) is 0 Å². The van der Waals surface area contributed by atoms with E-state index in [1.807, 2.05) is 66.9 Å². The molecular formula is C20H18N2O3S. The fourth-order valence-electron chi connectivity index (χ4n) is 2.73. The van der Waals surface area contributed by atoms with Crippen molar-refractivity contribution in [3.8, 4) is 11.3 Å². The number of nitrogens with one attached hydrogen (secondary N) is 1. The molecule has 0 fully saturated rings. The molecule has 26 heavy (non-hydrogen) atoms. The zero-order valence-corrected chi connectivity index (χ0v) is 15.0. The van der Waals surface area contributed by atoms with Crippen LogP contribution in [-0.4, -0.2) is 22.0 Å². The van der Waals surface area contributed by atoms with Gasteiger partial charge < -0.3 is 10.4 Å². The van der Waals surface area contributed by atoms with Crippen LogP contribution in [0, 0.1) is 6.92 Å². The van der Waals surface area contributed by atoms with Gasteiger partial charge >= 0.3 is 5.97 Å². The van der Waals surface area contributed by atoms with Gasteiger partial charge in [0.2, 0.25) is 0 Å². The number of aryl methyl sites for hydroxylation is 1. The third-order valence-electron chi connectivity index (χ3n) is 4.02. The first-order valence-electron chi connectivity index (χ1n) is 8.13. The average Bonchev–Trinajstić information content (AvgIpc) is 3.12. The van der Waals surface area contributed by atoms with Gasteiger partial charge in [-0.15, -0.1) is 11.3 Å². The molecule has 0 saturated heterocycles. The maximum absolute atomic E-state index is 12.6. The summed E-state index contributed by atoms with van der Waals surface area (Å²) in [5.74, 6) is -1.34. The summed E-state index contributed by atoms with van der Waals surface area (Å²) in [6.07, 6.45) is -0.187. The molecule has 6 heteroatoms. The number of hydrogen-bond donors (Lipinski definition) is 2. The van der Waals surface area contributed by atoms with Gasteiger partial charge in [-0.1, -0.05) is 54.6 Å². The monoisotopic (exact) mass is 366 g/mol. The molecule has 3 aromatic rings. The number of carboxylic acids is 1. The number of carbonyl (C=O) groups is 2. The number of carboxylic acid groups (broad SMARTS) is 1. The predicted octanol–water partition coefficient (Wildman–Crippen LogP) is 4.06. The zero-order chi connectivity index (χ0) is 18.5. The van der Waals surface area contributed by atoms with Crippen molar-refractivity contribution in [3.63, 3.8) is 0 Å². The van der Waals surface area contributed by atoms with Crippen molar-refractivity contribution in [2.75, 3.05) is 0 Å². The van der Waals surface area contributed by atoms with Crippen molar-refractivity contribution < 1.29 is 14.7 Å². The van der Waals surface area contributed by atoms with Crippen molar-refractivity contribution in [2.24, 2.45) is 0 Å². The van der Waals surface area contributed by atoms with Crippen LogP contribution in [0.3, 0.4) is 0 Å². The smallest absolute Gasteiger partial charge is 0.305 e. The minimum Gasteiger partial charge on any atom is -0.481 e. The molecule has 1 atom stereocenters. The zero-order valence-electron chi connectivity index (χ0n) is 14.2. The SMILES string of the molecule is Cc1ccccc1C(CC(=O)O)NC(=O)c1nc(-c2ccccc2)cs1. The van der Waals surface area contributed by atoms with Gasteiger partial charge in [-0.3, -0.25) is 9.59 Å². The highest BCUT2D eigenvalue weighted by Gasteiger charge is 2.22. The minimum absolute atomic E-state index is 0.187. The Labute approximate surface area is 155 Å². The van der Waals surface area contributed by atoms with Crippen LogP contribution in [0.1, 0.15) is 33.4 Å². The van der Waals surface area contributed by atoms with E-state index in [2.05, 4.69) is 10.3 Å². The lowest BCUT2D eigenvalue weighted by Crippen LogP contribution is -2.30. The largest absolute Gasteiger partial charge is 0.481 e. The van der Waals surface area contributed by atoms with Gasteiger partial charge in [0.1, 0.15) is 0 Å². The highest BCUT2D eigenvalue weighted by Crippen LogP contribution is 2.24. The third kappa shape index (κ3) is 4.15. The van der Waals surface area contributed by atoms with Crippen molar-refractivity contribution in [1.82, 2.24) is 10.3 Å². The maximum Gasteiger partial charge on any atom is 0.305 e. The third-order valence-corrected chi connectivity index (χ3v) is 4.86. The van der Waals surface area contributed by atoms with Gasteiger partial charge in [-0.25, -0.2) is 4.98 Å². The standard InChI is InChI=1S/C20H18N2O3S/c1-13-7-5-6-10-15(13)16(11-18(23)24)21-19(25)20-22-17(12-26-20)14-8-3-2-4-9-14/h2-10,12,16H,11H2,1H3,(H,21,25)(H,23,24). The van der Waals surface area contributed by atoms with E-state index >= 15 is 0 Å². The number of carbonyl (C=O) groups excluding carboxylic acids is 1. The van der Waals surface area contributed by atoms with Crippen LogP contribution in [0.15, 0.2) is 60.0 Å². The molecule has 0 aliphatic carbocycles. The fraction of sp³-hybridized carbons (Fsp3) is 0.150. The summed E-state index contributed by atoms with van der Waals surface area (Å²) < 4.78 is 0. The molecule has 0 saturated carbocycles. The first kappa shape index (κ1) is 17.8. The number of aromatic nitrogens is 1. The predicted molar refractivity (Wildman–Crippen MR) is 101 cm³/mol. The van der Waals surface area contributed by atoms with E-state index in [1.165, 1.54) is 11.3 Å².